The number of sulfonamides is 1. The lowest BCUT2D eigenvalue weighted by atomic mass is 10.0. The Morgan fingerprint density at radius 3 is 2.41 bits per heavy atom. The van der Waals surface area contributed by atoms with Crippen LogP contribution in [-0.4, -0.2) is 31.7 Å². The topological polar surface area (TPSA) is 66.5 Å². The van der Waals surface area contributed by atoms with Crippen molar-refractivity contribution in [2.75, 3.05) is 18.4 Å². The summed E-state index contributed by atoms with van der Waals surface area (Å²) in [5.41, 5.74) is 0.187. The van der Waals surface area contributed by atoms with Gasteiger partial charge >= 0.3 is 0 Å². The summed E-state index contributed by atoms with van der Waals surface area (Å²) in [6, 6.07) is 9.48. The molecule has 3 rings (SSSR count). The minimum Gasteiger partial charge on any atom is -0.319 e. The molecule has 2 aromatic rings. The molecule has 144 valence electrons. The summed E-state index contributed by atoms with van der Waals surface area (Å²) in [5, 5.41) is 2.73. The first-order valence-corrected chi connectivity index (χ1v) is 10.5. The highest BCUT2D eigenvalue weighted by atomic mass is 35.5. The van der Waals surface area contributed by atoms with Gasteiger partial charge in [0.15, 0.2) is 0 Å². The van der Waals surface area contributed by atoms with Crippen LogP contribution in [0.25, 0.3) is 0 Å². The molecule has 1 saturated heterocycles. The van der Waals surface area contributed by atoms with E-state index in [4.69, 9.17) is 11.6 Å². The first-order valence-electron chi connectivity index (χ1n) is 8.64. The van der Waals surface area contributed by atoms with Gasteiger partial charge in [-0.1, -0.05) is 18.5 Å². The molecule has 2 aromatic carbocycles. The lowest BCUT2D eigenvalue weighted by Crippen LogP contribution is -2.37. The van der Waals surface area contributed by atoms with Crippen LogP contribution in [0.1, 0.15) is 30.1 Å². The zero-order valence-corrected chi connectivity index (χ0v) is 16.4. The monoisotopic (exact) mass is 410 g/mol. The molecule has 0 aromatic heterocycles. The number of rotatable bonds is 4. The maximum Gasteiger partial charge on any atom is 0.255 e. The van der Waals surface area contributed by atoms with Gasteiger partial charge in [0.2, 0.25) is 10.0 Å². The van der Waals surface area contributed by atoms with Crippen molar-refractivity contribution in [2.45, 2.75) is 24.7 Å². The number of carbonyl (C=O) groups excluding carboxylic acids is 1. The standard InChI is InChI=1S/C19H20ClFN2O3S/c1-13-8-10-23(11-9-13)27(25,26)16-5-2-14(3-6-16)19(24)22-18-12-15(20)4-7-17(18)21/h2-7,12-13H,8-11H2,1H3,(H,22,24). The molecule has 1 heterocycles. The number of hydrogen-bond acceptors (Lipinski definition) is 3. The van der Waals surface area contributed by atoms with Gasteiger partial charge in [0, 0.05) is 23.7 Å². The van der Waals surface area contributed by atoms with Crippen LogP contribution in [0.5, 0.6) is 0 Å². The van der Waals surface area contributed by atoms with E-state index in [1.165, 1.54) is 40.7 Å². The molecule has 0 saturated carbocycles. The summed E-state index contributed by atoms with van der Waals surface area (Å²) in [6.07, 6.45) is 1.68. The summed E-state index contributed by atoms with van der Waals surface area (Å²) < 4.78 is 40.6. The Bertz CT molecular complexity index is 940. The summed E-state index contributed by atoms with van der Waals surface area (Å²) in [4.78, 5) is 12.4. The van der Waals surface area contributed by atoms with Crippen LogP contribution in [0.2, 0.25) is 5.02 Å². The normalized spacial score (nSPS) is 16.3. The molecule has 5 nitrogen and oxygen atoms in total. The number of hydrogen-bond donors (Lipinski definition) is 1. The highest BCUT2D eigenvalue weighted by Crippen LogP contribution is 2.24. The van der Waals surface area contributed by atoms with Gasteiger partial charge in [0.1, 0.15) is 5.82 Å². The van der Waals surface area contributed by atoms with Crippen molar-refractivity contribution in [3.05, 3.63) is 58.9 Å². The second-order valence-electron chi connectivity index (χ2n) is 6.69. The number of piperidine rings is 1. The molecule has 1 fully saturated rings. The number of benzene rings is 2. The van der Waals surface area contributed by atoms with E-state index in [-0.39, 0.29) is 16.1 Å². The number of nitrogens with one attached hydrogen (secondary N) is 1. The minimum absolute atomic E-state index is 0.0355. The van der Waals surface area contributed by atoms with Gasteiger partial charge in [-0.3, -0.25) is 4.79 Å². The van der Waals surface area contributed by atoms with Crippen LogP contribution < -0.4 is 5.32 Å². The number of carbonyl (C=O) groups is 1. The predicted molar refractivity (Wildman–Crippen MR) is 103 cm³/mol. The molecule has 0 bridgehead atoms. The van der Waals surface area contributed by atoms with Crippen LogP contribution in [0.15, 0.2) is 47.4 Å². The summed E-state index contributed by atoms with van der Waals surface area (Å²) >= 11 is 5.81. The fraction of sp³-hybridized carbons (Fsp3) is 0.316. The number of amides is 1. The highest BCUT2D eigenvalue weighted by Gasteiger charge is 2.28. The molecule has 1 amide bonds. The Hall–Kier alpha value is -1.96. The third-order valence-corrected chi connectivity index (χ3v) is 6.82. The Balaban J connectivity index is 1.74. The smallest absolute Gasteiger partial charge is 0.255 e. The van der Waals surface area contributed by atoms with Crippen LogP contribution in [0.4, 0.5) is 10.1 Å². The van der Waals surface area contributed by atoms with Crippen LogP contribution in [0, 0.1) is 11.7 Å². The summed E-state index contributed by atoms with van der Waals surface area (Å²) in [7, 11) is -3.57. The van der Waals surface area contributed by atoms with E-state index in [0.717, 1.165) is 18.9 Å². The van der Waals surface area contributed by atoms with Crippen molar-refractivity contribution < 1.29 is 17.6 Å². The number of nitrogens with zero attached hydrogens (tertiary/aromatic N) is 1. The van der Waals surface area contributed by atoms with Gasteiger partial charge < -0.3 is 5.32 Å². The molecule has 0 unspecified atom stereocenters. The molecule has 8 heteroatoms. The van der Waals surface area contributed by atoms with Crippen molar-refractivity contribution in [3.63, 3.8) is 0 Å². The molecule has 1 N–H and O–H groups in total. The Morgan fingerprint density at radius 2 is 1.78 bits per heavy atom. The number of anilines is 1. The maximum absolute atomic E-state index is 13.7. The Morgan fingerprint density at radius 1 is 1.15 bits per heavy atom. The van der Waals surface area contributed by atoms with E-state index in [1.54, 1.807) is 0 Å². The fourth-order valence-corrected chi connectivity index (χ4v) is 4.58. The quantitative estimate of drug-likeness (QED) is 0.823. The van der Waals surface area contributed by atoms with Crippen molar-refractivity contribution in [1.82, 2.24) is 4.31 Å². The van der Waals surface area contributed by atoms with Crippen LogP contribution >= 0.6 is 11.6 Å². The Kier molecular flexibility index (Phi) is 5.83. The van der Waals surface area contributed by atoms with Gasteiger partial charge in [-0.05, 0) is 61.2 Å². The molecule has 0 radical (unpaired) electrons. The molecule has 1 aliphatic heterocycles. The highest BCUT2D eigenvalue weighted by molar-refractivity contribution is 7.89. The van der Waals surface area contributed by atoms with Crippen LogP contribution in [-0.2, 0) is 10.0 Å². The molecular formula is C19H20ClFN2O3S. The molecular weight excluding hydrogens is 391 g/mol. The van der Waals surface area contributed by atoms with Gasteiger partial charge in [-0.2, -0.15) is 4.31 Å². The van der Waals surface area contributed by atoms with Gasteiger partial charge in [0.05, 0.1) is 10.6 Å². The average molecular weight is 411 g/mol. The molecule has 0 spiro atoms. The van der Waals surface area contributed by atoms with Crippen molar-refractivity contribution in [3.8, 4) is 0 Å². The van der Waals surface area contributed by atoms with E-state index in [9.17, 15) is 17.6 Å². The SMILES string of the molecule is CC1CCN(S(=O)(=O)c2ccc(C(=O)Nc3cc(Cl)ccc3F)cc2)CC1. The molecule has 27 heavy (non-hydrogen) atoms. The third kappa shape index (κ3) is 4.48. The van der Waals surface area contributed by atoms with E-state index in [2.05, 4.69) is 12.2 Å². The van der Waals surface area contributed by atoms with Crippen molar-refractivity contribution in [2.24, 2.45) is 5.92 Å². The first-order chi connectivity index (χ1) is 12.8. The summed E-state index contributed by atoms with van der Waals surface area (Å²) in [5.74, 6) is -0.632. The molecule has 0 atom stereocenters. The third-order valence-electron chi connectivity index (χ3n) is 4.67. The lowest BCUT2D eigenvalue weighted by molar-refractivity contribution is 0.102. The van der Waals surface area contributed by atoms with E-state index >= 15 is 0 Å². The van der Waals surface area contributed by atoms with Crippen LogP contribution in [0.3, 0.4) is 0 Å². The van der Waals surface area contributed by atoms with Gasteiger partial charge in [-0.25, -0.2) is 12.8 Å². The summed E-state index contributed by atoms with van der Waals surface area (Å²) in [6.45, 7) is 3.11. The second-order valence-corrected chi connectivity index (χ2v) is 9.06. The predicted octanol–water partition coefficient (Wildman–Crippen LogP) is 4.15. The van der Waals surface area contributed by atoms with Crippen molar-refractivity contribution in [1.29, 1.82) is 0 Å². The lowest BCUT2D eigenvalue weighted by Gasteiger charge is -2.29. The zero-order chi connectivity index (χ0) is 19.6. The van der Waals surface area contributed by atoms with E-state index < -0.39 is 21.7 Å². The van der Waals surface area contributed by atoms with Crippen molar-refractivity contribution >= 4 is 33.2 Å². The second kappa shape index (κ2) is 7.96. The van der Waals surface area contributed by atoms with Gasteiger partial charge in [-0.15, -0.1) is 0 Å². The number of halogens is 2. The fourth-order valence-electron chi connectivity index (χ4n) is 2.94. The molecule has 1 aliphatic rings. The maximum atomic E-state index is 13.7. The minimum atomic E-state index is -3.57. The first kappa shape index (κ1) is 19.8. The molecule has 0 aliphatic carbocycles. The average Bonchev–Trinajstić information content (AvgIpc) is 2.65. The van der Waals surface area contributed by atoms with E-state index in [0.29, 0.717) is 24.0 Å². The van der Waals surface area contributed by atoms with E-state index in [1.807, 2.05) is 0 Å². The Labute approximate surface area is 163 Å². The van der Waals surface area contributed by atoms with Gasteiger partial charge in [0.25, 0.3) is 5.91 Å². The zero-order valence-electron chi connectivity index (χ0n) is 14.8. The largest absolute Gasteiger partial charge is 0.319 e.